The molecule has 1 N–H and O–H groups in total. The molecule has 2 amide bonds. The van der Waals surface area contributed by atoms with Crippen molar-refractivity contribution in [3.63, 3.8) is 0 Å². The number of hydrogen-bond acceptors (Lipinski definition) is 2. The highest BCUT2D eigenvalue weighted by molar-refractivity contribution is 6.31. The van der Waals surface area contributed by atoms with E-state index >= 15 is 0 Å². The molecule has 130 valence electrons. The van der Waals surface area contributed by atoms with Crippen molar-refractivity contribution in [1.82, 2.24) is 4.90 Å². The summed E-state index contributed by atoms with van der Waals surface area (Å²) in [6, 6.07) is 13.2. The number of benzene rings is 2. The van der Waals surface area contributed by atoms with E-state index in [2.05, 4.69) is 11.4 Å². The minimum atomic E-state index is -0.233. The number of fused-ring (bicyclic) bond motifs is 1. The first kappa shape index (κ1) is 17.5. The van der Waals surface area contributed by atoms with Crippen LogP contribution in [0.15, 0.2) is 42.5 Å². The Morgan fingerprint density at radius 3 is 2.72 bits per heavy atom. The van der Waals surface area contributed by atoms with Gasteiger partial charge in [0.15, 0.2) is 0 Å². The second kappa shape index (κ2) is 7.28. The first-order chi connectivity index (χ1) is 12.0. The number of hydrogen-bond donors (Lipinski definition) is 1. The normalized spacial score (nSPS) is 16.3. The van der Waals surface area contributed by atoms with Crippen molar-refractivity contribution >= 4 is 29.1 Å². The van der Waals surface area contributed by atoms with Gasteiger partial charge in [-0.25, -0.2) is 0 Å². The average Bonchev–Trinajstić information content (AvgIpc) is 2.58. The van der Waals surface area contributed by atoms with E-state index in [9.17, 15) is 9.59 Å². The summed E-state index contributed by atoms with van der Waals surface area (Å²) in [5, 5.41) is 3.50. The molecule has 2 aromatic rings. The van der Waals surface area contributed by atoms with Gasteiger partial charge in [-0.05, 0) is 42.2 Å². The molecule has 5 heteroatoms. The first-order valence-electron chi connectivity index (χ1n) is 8.36. The lowest BCUT2D eigenvalue weighted by Gasteiger charge is -2.36. The molecule has 0 radical (unpaired) electrons. The summed E-state index contributed by atoms with van der Waals surface area (Å²) in [5.41, 5.74) is 3.89. The van der Waals surface area contributed by atoms with Crippen LogP contribution in [0.1, 0.15) is 36.1 Å². The monoisotopic (exact) mass is 356 g/mol. The fourth-order valence-corrected chi connectivity index (χ4v) is 3.49. The number of anilines is 1. The summed E-state index contributed by atoms with van der Waals surface area (Å²) in [6.07, 6.45) is 1.05. The lowest BCUT2D eigenvalue weighted by molar-refractivity contribution is -0.132. The highest BCUT2D eigenvalue weighted by atomic mass is 35.5. The zero-order valence-corrected chi connectivity index (χ0v) is 15.1. The summed E-state index contributed by atoms with van der Waals surface area (Å²) in [4.78, 5) is 26.4. The molecule has 25 heavy (non-hydrogen) atoms. The maximum atomic E-state index is 12.6. The molecule has 1 aliphatic heterocycles. The number of halogens is 1. The van der Waals surface area contributed by atoms with Crippen molar-refractivity contribution in [3.05, 3.63) is 64.2 Å². The van der Waals surface area contributed by atoms with Gasteiger partial charge in [-0.15, -0.1) is 0 Å². The quantitative estimate of drug-likeness (QED) is 0.899. The van der Waals surface area contributed by atoms with Crippen LogP contribution in [0.4, 0.5) is 5.69 Å². The summed E-state index contributed by atoms with van der Waals surface area (Å²) in [7, 11) is 0. The predicted molar refractivity (Wildman–Crippen MR) is 99.7 cm³/mol. The third-order valence-electron chi connectivity index (χ3n) is 4.65. The van der Waals surface area contributed by atoms with Gasteiger partial charge in [0.1, 0.15) is 0 Å². The molecule has 1 aliphatic rings. The molecule has 0 aliphatic carbocycles. The summed E-state index contributed by atoms with van der Waals surface area (Å²) < 4.78 is 0. The van der Waals surface area contributed by atoms with Crippen LogP contribution < -0.4 is 5.32 Å². The van der Waals surface area contributed by atoms with Gasteiger partial charge in [0.05, 0.1) is 12.5 Å². The minimum Gasteiger partial charge on any atom is -0.335 e. The second-order valence-electron chi connectivity index (χ2n) is 6.39. The zero-order valence-electron chi connectivity index (χ0n) is 14.4. The van der Waals surface area contributed by atoms with Gasteiger partial charge in [-0.1, -0.05) is 41.9 Å². The Morgan fingerprint density at radius 2 is 2.00 bits per heavy atom. The van der Waals surface area contributed by atoms with Crippen LogP contribution in [-0.4, -0.2) is 23.3 Å². The molecule has 0 aromatic heterocycles. The minimum absolute atomic E-state index is 0.00863. The van der Waals surface area contributed by atoms with E-state index in [4.69, 9.17) is 11.6 Å². The maximum absolute atomic E-state index is 12.6. The molecule has 1 unspecified atom stereocenters. The smallest absolute Gasteiger partial charge is 0.226 e. The second-order valence-corrected chi connectivity index (χ2v) is 6.80. The molecule has 0 spiro atoms. The first-order valence-corrected chi connectivity index (χ1v) is 8.74. The van der Waals surface area contributed by atoms with E-state index in [0.29, 0.717) is 17.3 Å². The van der Waals surface area contributed by atoms with Crippen molar-refractivity contribution < 1.29 is 9.59 Å². The number of carbonyl (C=O) groups is 2. The van der Waals surface area contributed by atoms with E-state index in [1.54, 1.807) is 17.9 Å². The van der Waals surface area contributed by atoms with Crippen LogP contribution in [0.2, 0.25) is 5.02 Å². The lowest BCUT2D eigenvalue weighted by atomic mass is 9.90. The standard InChI is InChI=1S/C20H21ClN2O2/c1-13-7-8-16(11-18(13)21)22-20(25)12-19-17-6-4-3-5-15(17)9-10-23(19)14(2)24/h3-8,11,19H,9-10,12H2,1-2H3,(H,22,25). The van der Waals surface area contributed by atoms with Crippen molar-refractivity contribution in [1.29, 1.82) is 0 Å². The third kappa shape index (κ3) is 3.85. The molecular formula is C20H21ClN2O2. The van der Waals surface area contributed by atoms with Gasteiger partial charge < -0.3 is 10.2 Å². The largest absolute Gasteiger partial charge is 0.335 e. The zero-order chi connectivity index (χ0) is 18.0. The summed E-state index contributed by atoms with van der Waals surface area (Å²) in [5.74, 6) is -0.140. The number of rotatable bonds is 3. The average molecular weight is 357 g/mol. The number of nitrogens with one attached hydrogen (secondary N) is 1. The van der Waals surface area contributed by atoms with Gasteiger partial charge in [0.2, 0.25) is 11.8 Å². The van der Waals surface area contributed by atoms with E-state index < -0.39 is 0 Å². The fourth-order valence-electron chi connectivity index (χ4n) is 3.31. The molecule has 4 nitrogen and oxygen atoms in total. The van der Waals surface area contributed by atoms with E-state index in [0.717, 1.165) is 17.5 Å². The number of carbonyl (C=O) groups excluding carboxylic acids is 2. The Morgan fingerprint density at radius 1 is 1.24 bits per heavy atom. The van der Waals surface area contributed by atoms with Gasteiger partial charge in [0, 0.05) is 24.2 Å². The van der Waals surface area contributed by atoms with Crippen molar-refractivity contribution in [3.8, 4) is 0 Å². The molecule has 1 atom stereocenters. The van der Waals surface area contributed by atoms with Crippen LogP contribution in [0.3, 0.4) is 0 Å². The Kier molecular flexibility index (Phi) is 5.09. The SMILES string of the molecule is CC(=O)N1CCc2ccccc2C1CC(=O)Nc1ccc(C)c(Cl)c1. The predicted octanol–water partition coefficient (Wildman–Crippen LogP) is 4.12. The van der Waals surface area contributed by atoms with Crippen LogP contribution in [-0.2, 0) is 16.0 Å². The van der Waals surface area contributed by atoms with Crippen LogP contribution in [0.5, 0.6) is 0 Å². The Labute approximate surface area is 152 Å². The van der Waals surface area contributed by atoms with Gasteiger partial charge in [-0.3, -0.25) is 9.59 Å². The van der Waals surface area contributed by atoms with Crippen molar-refractivity contribution in [2.75, 3.05) is 11.9 Å². The molecule has 3 rings (SSSR count). The highest BCUT2D eigenvalue weighted by Crippen LogP contribution is 2.32. The summed E-state index contributed by atoms with van der Waals surface area (Å²) in [6.45, 7) is 4.11. The molecular weight excluding hydrogens is 336 g/mol. The van der Waals surface area contributed by atoms with E-state index in [-0.39, 0.29) is 24.3 Å². The van der Waals surface area contributed by atoms with Gasteiger partial charge in [0.25, 0.3) is 0 Å². The highest BCUT2D eigenvalue weighted by Gasteiger charge is 2.30. The Bertz CT molecular complexity index is 819. The lowest BCUT2D eigenvalue weighted by Crippen LogP contribution is -2.40. The van der Waals surface area contributed by atoms with Gasteiger partial charge >= 0.3 is 0 Å². The third-order valence-corrected chi connectivity index (χ3v) is 5.06. The molecule has 2 aromatic carbocycles. The summed E-state index contributed by atoms with van der Waals surface area (Å²) >= 11 is 6.12. The van der Waals surface area contributed by atoms with Crippen LogP contribution in [0, 0.1) is 6.92 Å². The Hall–Kier alpha value is -2.33. The van der Waals surface area contributed by atoms with Crippen molar-refractivity contribution in [2.45, 2.75) is 32.7 Å². The van der Waals surface area contributed by atoms with E-state index in [1.807, 2.05) is 37.3 Å². The van der Waals surface area contributed by atoms with Crippen LogP contribution >= 0.6 is 11.6 Å². The molecule has 0 fully saturated rings. The topological polar surface area (TPSA) is 49.4 Å². The fraction of sp³-hybridized carbons (Fsp3) is 0.300. The maximum Gasteiger partial charge on any atom is 0.226 e. The molecule has 1 heterocycles. The molecule has 0 saturated carbocycles. The number of amides is 2. The van der Waals surface area contributed by atoms with Crippen LogP contribution in [0.25, 0.3) is 0 Å². The molecule has 0 saturated heterocycles. The van der Waals surface area contributed by atoms with Crippen molar-refractivity contribution in [2.24, 2.45) is 0 Å². The number of aryl methyl sites for hydroxylation is 1. The van der Waals surface area contributed by atoms with Gasteiger partial charge in [-0.2, -0.15) is 0 Å². The Balaban J connectivity index is 1.80. The molecule has 0 bridgehead atoms. The number of nitrogens with zero attached hydrogens (tertiary/aromatic N) is 1. The van der Waals surface area contributed by atoms with E-state index in [1.165, 1.54) is 5.56 Å².